The van der Waals surface area contributed by atoms with E-state index in [-0.39, 0.29) is 18.5 Å². The molecule has 1 aromatic heterocycles. The van der Waals surface area contributed by atoms with Gasteiger partial charge in [0.1, 0.15) is 17.1 Å². The van der Waals surface area contributed by atoms with E-state index in [0.717, 1.165) is 30.6 Å². The van der Waals surface area contributed by atoms with Crippen molar-refractivity contribution in [2.45, 2.75) is 58.1 Å². The lowest BCUT2D eigenvalue weighted by Gasteiger charge is -2.25. The summed E-state index contributed by atoms with van der Waals surface area (Å²) in [6.07, 6.45) is 4.60. The molecule has 0 spiro atoms. The molecule has 24 heavy (non-hydrogen) atoms. The van der Waals surface area contributed by atoms with Crippen LogP contribution in [0.3, 0.4) is 0 Å². The first-order valence-corrected chi connectivity index (χ1v) is 8.73. The third-order valence-electron chi connectivity index (χ3n) is 4.81. The summed E-state index contributed by atoms with van der Waals surface area (Å²) >= 11 is 0. The molecule has 3 rings (SSSR count). The van der Waals surface area contributed by atoms with E-state index in [1.54, 1.807) is 15.8 Å². The molecule has 7 nitrogen and oxygen atoms in total. The summed E-state index contributed by atoms with van der Waals surface area (Å²) in [7, 11) is 0. The number of ether oxygens (including phenoxy) is 1. The van der Waals surface area contributed by atoms with E-state index in [9.17, 15) is 9.90 Å². The van der Waals surface area contributed by atoms with Crippen LogP contribution in [0.1, 0.15) is 58.2 Å². The molecule has 2 aliphatic rings. The zero-order valence-electron chi connectivity index (χ0n) is 14.7. The average Bonchev–Trinajstić information content (AvgIpc) is 3.22. The van der Waals surface area contributed by atoms with Crippen molar-refractivity contribution in [3.8, 4) is 0 Å². The topological polar surface area (TPSA) is 80.5 Å². The molecular weight excluding hydrogens is 308 g/mol. The van der Waals surface area contributed by atoms with Crippen molar-refractivity contribution in [1.82, 2.24) is 19.9 Å². The van der Waals surface area contributed by atoms with Gasteiger partial charge in [0.25, 0.3) is 5.91 Å². The third-order valence-corrected chi connectivity index (χ3v) is 4.81. The molecule has 1 saturated heterocycles. The molecule has 0 bridgehead atoms. The van der Waals surface area contributed by atoms with Gasteiger partial charge in [-0.1, -0.05) is 12.1 Å². The predicted molar refractivity (Wildman–Crippen MR) is 88.0 cm³/mol. The van der Waals surface area contributed by atoms with Crippen molar-refractivity contribution in [2.24, 2.45) is 0 Å². The summed E-state index contributed by atoms with van der Waals surface area (Å²) in [5.74, 6) is 0.783. The number of hydrogen-bond acceptors (Lipinski definition) is 5. The molecule has 1 unspecified atom stereocenters. The predicted octanol–water partition coefficient (Wildman–Crippen LogP) is 1.75. The van der Waals surface area contributed by atoms with Crippen molar-refractivity contribution < 1.29 is 14.6 Å². The van der Waals surface area contributed by atoms with Crippen LogP contribution in [0.25, 0.3) is 0 Å². The lowest BCUT2D eigenvalue weighted by molar-refractivity contribution is -0.128. The molecule has 0 aromatic carbocycles. The Labute approximate surface area is 142 Å². The molecule has 1 atom stereocenters. The second-order valence-corrected chi connectivity index (χ2v) is 6.89. The van der Waals surface area contributed by atoms with Crippen molar-refractivity contribution in [2.75, 3.05) is 19.7 Å². The fraction of sp³-hybridized carbons (Fsp3) is 0.706. The van der Waals surface area contributed by atoms with Crippen LogP contribution in [-0.2, 0) is 15.1 Å². The number of aromatic nitrogens is 3. The van der Waals surface area contributed by atoms with E-state index in [1.807, 2.05) is 20.8 Å². The number of carbonyl (C=O) groups is 1. The van der Waals surface area contributed by atoms with Crippen LogP contribution >= 0.6 is 0 Å². The van der Waals surface area contributed by atoms with Crippen molar-refractivity contribution in [3.63, 3.8) is 0 Å². The highest BCUT2D eigenvalue weighted by Crippen LogP contribution is 2.33. The third kappa shape index (κ3) is 3.05. The van der Waals surface area contributed by atoms with Crippen LogP contribution in [0.5, 0.6) is 0 Å². The maximum absolute atomic E-state index is 12.8. The van der Waals surface area contributed by atoms with Crippen LogP contribution in [0.15, 0.2) is 17.5 Å². The smallest absolute Gasteiger partial charge is 0.253 e. The largest absolute Gasteiger partial charge is 0.497 e. The molecule has 0 aliphatic carbocycles. The highest BCUT2D eigenvalue weighted by Gasteiger charge is 2.43. The first kappa shape index (κ1) is 17.0. The van der Waals surface area contributed by atoms with Crippen molar-refractivity contribution in [3.05, 3.63) is 23.2 Å². The summed E-state index contributed by atoms with van der Waals surface area (Å²) in [6, 6.07) is 0.186. The van der Waals surface area contributed by atoms with E-state index >= 15 is 0 Å². The Balaban J connectivity index is 1.76. The molecule has 2 aliphatic heterocycles. The summed E-state index contributed by atoms with van der Waals surface area (Å²) in [5, 5.41) is 19.1. The number of allylic oxidation sites excluding steroid dienone is 1. The number of likely N-dealkylation sites (tertiary alicyclic amines) is 1. The van der Waals surface area contributed by atoms with Crippen LogP contribution in [0.4, 0.5) is 0 Å². The lowest BCUT2D eigenvalue weighted by Crippen LogP contribution is -2.36. The molecular formula is C17H26N4O3. The van der Waals surface area contributed by atoms with E-state index < -0.39 is 5.60 Å². The normalized spacial score (nSPS) is 24.6. The summed E-state index contributed by atoms with van der Waals surface area (Å²) in [5.41, 5.74) is 0.181. The second kappa shape index (κ2) is 6.55. The molecule has 0 radical (unpaired) electrons. The number of aliphatic hydroxyl groups is 1. The standard InChI is InChI=1S/C17H26N4O3/c1-4-14-13(6-5-9-24-14)16(22)20-8-7-17(23,11-20)15-10-21(12(2)3)19-18-15/h10,12,23H,4-9,11H2,1-3H3. The zero-order valence-corrected chi connectivity index (χ0v) is 14.7. The summed E-state index contributed by atoms with van der Waals surface area (Å²) < 4.78 is 7.36. The van der Waals surface area contributed by atoms with E-state index in [2.05, 4.69) is 10.3 Å². The Morgan fingerprint density at radius 3 is 2.96 bits per heavy atom. The van der Waals surface area contributed by atoms with Crippen molar-refractivity contribution in [1.29, 1.82) is 0 Å². The number of carbonyl (C=O) groups excluding carboxylic acids is 1. The Morgan fingerprint density at radius 2 is 2.29 bits per heavy atom. The second-order valence-electron chi connectivity index (χ2n) is 6.89. The van der Waals surface area contributed by atoms with Crippen LogP contribution < -0.4 is 0 Å². The fourth-order valence-electron chi connectivity index (χ4n) is 3.32. The lowest BCUT2D eigenvalue weighted by atomic mass is 10.00. The average molecular weight is 334 g/mol. The molecule has 3 heterocycles. The molecule has 1 fully saturated rings. The van der Waals surface area contributed by atoms with E-state index in [1.165, 1.54) is 0 Å². The number of nitrogens with zero attached hydrogens (tertiary/aromatic N) is 4. The van der Waals surface area contributed by atoms with E-state index in [4.69, 9.17) is 4.74 Å². The number of hydrogen-bond donors (Lipinski definition) is 1. The first-order chi connectivity index (χ1) is 11.4. The maximum Gasteiger partial charge on any atom is 0.253 e. The van der Waals surface area contributed by atoms with Crippen LogP contribution in [-0.4, -0.2) is 50.6 Å². The summed E-state index contributed by atoms with van der Waals surface area (Å²) in [4.78, 5) is 14.6. The highest BCUT2D eigenvalue weighted by molar-refractivity contribution is 5.94. The van der Waals surface area contributed by atoms with Gasteiger partial charge in [0, 0.05) is 25.4 Å². The van der Waals surface area contributed by atoms with Crippen LogP contribution in [0.2, 0.25) is 0 Å². The maximum atomic E-state index is 12.8. The Kier molecular flexibility index (Phi) is 4.62. The van der Waals surface area contributed by atoms with Crippen molar-refractivity contribution >= 4 is 5.91 Å². The molecule has 1 amide bonds. The SMILES string of the molecule is CCC1=C(C(=O)N2CCC(O)(c3cn(C(C)C)nn3)C2)CCCO1. The van der Waals surface area contributed by atoms with Gasteiger partial charge in [0.05, 0.1) is 24.9 Å². The minimum Gasteiger partial charge on any atom is -0.497 e. The van der Waals surface area contributed by atoms with E-state index in [0.29, 0.717) is 25.3 Å². The summed E-state index contributed by atoms with van der Waals surface area (Å²) in [6.45, 7) is 7.47. The minimum atomic E-state index is -1.12. The van der Waals surface area contributed by atoms with Gasteiger partial charge in [-0.05, 0) is 26.7 Å². The molecule has 1 aromatic rings. The Morgan fingerprint density at radius 1 is 1.50 bits per heavy atom. The van der Waals surface area contributed by atoms with Crippen LogP contribution in [0, 0.1) is 0 Å². The van der Waals surface area contributed by atoms with Gasteiger partial charge in [-0.15, -0.1) is 5.10 Å². The monoisotopic (exact) mass is 334 g/mol. The number of amides is 1. The number of rotatable bonds is 4. The fourth-order valence-corrected chi connectivity index (χ4v) is 3.32. The molecule has 0 saturated carbocycles. The van der Waals surface area contributed by atoms with Gasteiger partial charge < -0.3 is 14.7 Å². The molecule has 132 valence electrons. The van der Waals surface area contributed by atoms with Gasteiger partial charge >= 0.3 is 0 Å². The van der Waals surface area contributed by atoms with Gasteiger partial charge in [0.15, 0.2) is 0 Å². The Hall–Kier alpha value is -1.89. The van der Waals surface area contributed by atoms with Gasteiger partial charge in [-0.3, -0.25) is 4.79 Å². The first-order valence-electron chi connectivity index (χ1n) is 8.73. The highest BCUT2D eigenvalue weighted by atomic mass is 16.5. The zero-order chi connectivity index (χ0) is 17.3. The van der Waals surface area contributed by atoms with Gasteiger partial charge in [-0.25, -0.2) is 4.68 Å². The van der Waals surface area contributed by atoms with Gasteiger partial charge in [0.2, 0.25) is 0 Å². The molecule has 7 heteroatoms. The Bertz CT molecular complexity index is 652. The van der Waals surface area contributed by atoms with Gasteiger partial charge in [-0.2, -0.15) is 0 Å². The quantitative estimate of drug-likeness (QED) is 0.907. The molecule has 1 N–H and O–H groups in total. The number of β-amino-alcohol motifs (C(OH)–C–C–N with tert-alkyl or cyclic N) is 1. The minimum absolute atomic E-state index is 0.0151.